The highest BCUT2D eigenvalue weighted by molar-refractivity contribution is 5.79. The molecule has 1 aromatic heterocycles. The van der Waals surface area contributed by atoms with Crippen molar-refractivity contribution < 1.29 is 13.9 Å². The fourth-order valence-electron chi connectivity index (χ4n) is 3.32. The molecule has 3 aromatic rings. The Morgan fingerprint density at radius 1 is 1.22 bits per heavy atom. The SMILES string of the molecule is COc1ccccc1Cc1nc([C@H]2CNC(=O)C2)n(-c2ccccc2F)n1. The molecule has 1 amide bonds. The van der Waals surface area contributed by atoms with Crippen LogP contribution in [-0.4, -0.2) is 34.3 Å². The van der Waals surface area contributed by atoms with Crippen LogP contribution < -0.4 is 10.1 Å². The van der Waals surface area contributed by atoms with Crippen molar-refractivity contribution in [3.8, 4) is 11.4 Å². The molecule has 6 nitrogen and oxygen atoms in total. The topological polar surface area (TPSA) is 69.0 Å². The van der Waals surface area contributed by atoms with Crippen molar-refractivity contribution in [3.63, 3.8) is 0 Å². The zero-order valence-corrected chi connectivity index (χ0v) is 14.9. The lowest BCUT2D eigenvalue weighted by Gasteiger charge is -2.10. The molecule has 0 bridgehead atoms. The van der Waals surface area contributed by atoms with Gasteiger partial charge in [-0.1, -0.05) is 30.3 Å². The van der Waals surface area contributed by atoms with Crippen LogP contribution in [0.2, 0.25) is 0 Å². The first-order valence-electron chi connectivity index (χ1n) is 8.75. The second-order valence-electron chi connectivity index (χ2n) is 6.44. The van der Waals surface area contributed by atoms with Crippen LogP contribution in [0.5, 0.6) is 5.75 Å². The molecular formula is C20H19FN4O2. The third-order valence-corrected chi connectivity index (χ3v) is 4.64. The molecule has 138 valence electrons. The van der Waals surface area contributed by atoms with E-state index in [1.54, 1.807) is 25.3 Å². The lowest BCUT2D eigenvalue weighted by atomic mass is 10.1. The summed E-state index contributed by atoms with van der Waals surface area (Å²) < 4.78 is 21.3. The monoisotopic (exact) mass is 366 g/mol. The number of rotatable bonds is 5. The van der Waals surface area contributed by atoms with E-state index in [0.29, 0.717) is 36.7 Å². The van der Waals surface area contributed by atoms with Crippen LogP contribution in [-0.2, 0) is 11.2 Å². The van der Waals surface area contributed by atoms with E-state index in [2.05, 4.69) is 15.4 Å². The number of ether oxygens (including phenoxy) is 1. The summed E-state index contributed by atoms with van der Waals surface area (Å²) in [6, 6.07) is 14.1. The van der Waals surface area contributed by atoms with Crippen molar-refractivity contribution in [2.75, 3.05) is 13.7 Å². The molecule has 2 heterocycles. The highest BCUT2D eigenvalue weighted by Gasteiger charge is 2.29. The van der Waals surface area contributed by atoms with Crippen molar-refractivity contribution in [2.45, 2.75) is 18.8 Å². The molecule has 4 rings (SSSR count). The van der Waals surface area contributed by atoms with Gasteiger partial charge in [0.2, 0.25) is 5.91 Å². The Morgan fingerprint density at radius 3 is 2.74 bits per heavy atom. The summed E-state index contributed by atoms with van der Waals surface area (Å²) in [5.41, 5.74) is 1.27. The summed E-state index contributed by atoms with van der Waals surface area (Å²) >= 11 is 0. The fourth-order valence-corrected chi connectivity index (χ4v) is 3.32. The smallest absolute Gasteiger partial charge is 0.220 e. The summed E-state index contributed by atoms with van der Waals surface area (Å²) in [6.45, 7) is 0.472. The minimum Gasteiger partial charge on any atom is -0.496 e. The standard InChI is InChI=1S/C20H19FN4O2/c1-27-17-9-5-2-6-13(17)10-18-23-20(14-11-19(26)22-12-14)25(24-18)16-8-4-3-7-15(16)21/h2-9,14H,10-12H2,1H3,(H,22,26)/t14-/m1/s1. The number of methoxy groups -OCH3 is 1. The van der Waals surface area contributed by atoms with E-state index in [1.807, 2.05) is 24.3 Å². The third-order valence-electron chi connectivity index (χ3n) is 4.64. The number of amides is 1. The number of nitrogens with zero attached hydrogens (tertiary/aromatic N) is 3. The van der Waals surface area contributed by atoms with Gasteiger partial charge in [0, 0.05) is 30.9 Å². The average molecular weight is 366 g/mol. The maximum atomic E-state index is 14.4. The van der Waals surface area contributed by atoms with Crippen molar-refractivity contribution >= 4 is 5.91 Å². The Hall–Kier alpha value is -3.22. The van der Waals surface area contributed by atoms with E-state index < -0.39 is 0 Å². The van der Waals surface area contributed by atoms with Crippen LogP contribution in [0.3, 0.4) is 0 Å². The molecule has 1 aliphatic heterocycles. The van der Waals surface area contributed by atoms with Gasteiger partial charge in [0.25, 0.3) is 0 Å². The highest BCUT2D eigenvalue weighted by atomic mass is 19.1. The van der Waals surface area contributed by atoms with Crippen molar-refractivity contribution in [2.24, 2.45) is 0 Å². The summed E-state index contributed by atoms with van der Waals surface area (Å²) in [7, 11) is 1.62. The first-order valence-corrected chi connectivity index (χ1v) is 8.75. The molecule has 1 atom stereocenters. The molecule has 0 spiro atoms. The van der Waals surface area contributed by atoms with Gasteiger partial charge in [-0.25, -0.2) is 14.1 Å². The molecule has 0 unspecified atom stereocenters. The molecule has 27 heavy (non-hydrogen) atoms. The van der Waals surface area contributed by atoms with E-state index in [4.69, 9.17) is 4.74 Å². The Bertz CT molecular complexity index is 986. The minimum absolute atomic E-state index is 0.0330. The molecule has 0 saturated carbocycles. The normalized spacial score (nSPS) is 16.4. The predicted octanol–water partition coefficient (Wildman–Crippen LogP) is 2.61. The van der Waals surface area contributed by atoms with Gasteiger partial charge in [0.1, 0.15) is 23.1 Å². The Morgan fingerprint density at radius 2 is 2.00 bits per heavy atom. The first kappa shape index (κ1) is 17.2. The van der Waals surface area contributed by atoms with Gasteiger partial charge in [-0.2, -0.15) is 5.10 Å². The maximum absolute atomic E-state index is 14.4. The summed E-state index contributed by atoms with van der Waals surface area (Å²) in [6.07, 6.45) is 0.772. The minimum atomic E-state index is -0.384. The van der Waals surface area contributed by atoms with E-state index in [1.165, 1.54) is 10.7 Å². The van der Waals surface area contributed by atoms with Crippen LogP contribution in [0.1, 0.15) is 29.6 Å². The number of benzene rings is 2. The Labute approximate surface area is 156 Å². The molecule has 1 fully saturated rings. The van der Waals surface area contributed by atoms with Gasteiger partial charge >= 0.3 is 0 Å². The quantitative estimate of drug-likeness (QED) is 0.754. The predicted molar refractivity (Wildman–Crippen MR) is 97.5 cm³/mol. The molecule has 7 heteroatoms. The Balaban J connectivity index is 1.76. The summed E-state index contributed by atoms with van der Waals surface area (Å²) in [4.78, 5) is 16.3. The lowest BCUT2D eigenvalue weighted by molar-refractivity contribution is -0.119. The van der Waals surface area contributed by atoms with Crippen molar-refractivity contribution in [1.29, 1.82) is 0 Å². The number of hydrogen-bond donors (Lipinski definition) is 1. The largest absolute Gasteiger partial charge is 0.496 e. The molecule has 1 aliphatic rings. The van der Waals surface area contributed by atoms with Crippen LogP contribution in [0.4, 0.5) is 4.39 Å². The average Bonchev–Trinajstić information content (AvgIpc) is 3.29. The highest BCUT2D eigenvalue weighted by Crippen LogP contribution is 2.27. The molecular weight excluding hydrogens is 347 g/mol. The van der Waals surface area contributed by atoms with E-state index >= 15 is 0 Å². The van der Waals surface area contributed by atoms with Crippen molar-refractivity contribution in [1.82, 2.24) is 20.1 Å². The van der Waals surface area contributed by atoms with Gasteiger partial charge in [-0.15, -0.1) is 0 Å². The van der Waals surface area contributed by atoms with E-state index in [0.717, 1.165) is 11.3 Å². The Kier molecular flexibility index (Phi) is 4.58. The zero-order chi connectivity index (χ0) is 18.8. The second-order valence-corrected chi connectivity index (χ2v) is 6.44. The van der Waals surface area contributed by atoms with Crippen LogP contribution in [0, 0.1) is 5.82 Å². The fraction of sp³-hybridized carbons (Fsp3) is 0.250. The molecule has 1 saturated heterocycles. The molecule has 2 aromatic carbocycles. The number of nitrogens with one attached hydrogen (secondary N) is 1. The number of hydrogen-bond acceptors (Lipinski definition) is 4. The van der Waals surface area contributed by atoms with Gasteiger partial charge in [0.15, 0.2) is 5.82 Å². The number of carbonyl (C=O) groups is 1. The molecule has 0 radical (unpaired) electrons. The summed E-state index contributed by atoms with van der Waals surface area (Å²) in [5.74, 6) is 1.33. The van der Waals surface area contributed by atoms with Crippen LogP contribution >= 0.6 is 0 Å². The number of halogens is 1. The van der Waals surface area contributed by atoms with Crippen LogP contribution in [0.25, 0.3) is 5.69 Å². The summed E-state index contributed by atoms with van der Waals surface area (Å²) in [5, 5.41) is 7.36. The number of carbonyl (C=O) groups excluding carboxylic acids is 1. The van der Waals surface area contributed by atoms with Gasteiger partial charge < -0.3 is 10.1 Å². The zero-order valence-electron chi connectivity index (χ0n) is 14.9. The van der Waals surface area contributed by atoms with E-state index in [-0.39, 0.29) is 17.6 Å². The van der Waals surface area contributed by atoms with Gasteiger partial charge in [0.05, 0.1) is 7.11 Å². The molecule has 1 N–H and O–H groups in total. The van der Waals surface area contributed by atoms with Gasteiger partial charge in [-0.05, 0) is 18.2 Å². The first-order chi connectivity index (χ1) is 13.2. The van der Waals surface area contributed by atoms with E-state index in [9.17, 15) is 9.18 Å². The second kappa shape index (κ2) is 7.19. The number of aromatic nitrogens is 3. The van der Waals surface area contributed by atoms with Gasteiger partial charge in [-0.3, -0.25) is 4.79 Å². The third kappa shape index (κ3) is 3.40. The number of para-hydroxylation sites is 2. The maximum Gasteiger partial charge on any atom is 0.220 e. The molecule has 0 aliphatic carbocycles. The van der Waals surface area contributed by atoms with Crippen LogP contribution in [0.15, 0.2) is 48.5 Å². The van der Waals surface area contributed by atoms with Crippen molar-refractivity contribution in [3.05, 3.63) is 71.6 Å². The lowest BCUT2D eigenvalue weighted by Crippen LogP contribution is -2.15.